The lowest BCUT2D eigenvalue weighted by Crippen LogP contribution is -2.53. The second-order valence-corrected chi connectivity index (χ2v) is 6.13. The van der Waals surface area contributed by atoms with Crippen molar-refractivity contribution in [3.63, 3.8) is 0 Å². The van der Waals surface area contributed by atoms with E-state index in [1.54, 1.807) is 12.0 Å². The monoisotopic (exact) mass is 298 g/mol. The number of ether oxygens (including phenoxy) is 2. The average Bonchev–Trinajstić information content (AvgIpc) is 2.91. The number of nitrogens with zero attached hydrogens (tertiary/aromatic N) is 1. The van der Waals surface area contributed by atoms with Crippen molar-refractivity contribution in [2.75, 3.05) is 33.4 Å². The molecule has 0 spiro atoms. The average molecular weight is 298 g/mol. The Balaban J connectivity index is 2.13. The molecule has 0 aromatic heterocycles. The molecule has 2 rings (SSSR count). The lowest BCUT2D eigenvalue weighted by molar-refractivity contribution is -0.139. The first-order valence-electron chi connectivity index (χ1n) is 7.72. The van der Waals surface area contributed by atoms with Crippen LogP contribution in [0.2, 0.25) is 0 Å². The van der Waals surface area contributed by atoms with Crippen LogP contribution in [-0.4, -0.2) is 61.8 Å². The van der Waals surface area contributed by atoms with Crippen LogP contribution in [0.5, 0.6) is 0 Å². The third kappa shape index (κ3) is 3.55. The number of methoxy groups -OCH3 is 1. The minimum Gasteiger partial charge on any atom is -0.378 e. The Morgan fingerprint density at radius 2 is 2.29 bits per heavy atom. The molecule has 2 fully saturated rings. The molecule has 6 nitrogen and oxygen atoms in total. The first-order chi connectivity index (χ1) is 10.0. The Morgan fingerprint density at radius 1 is 1.52 bits per heavy atom. The molecule has 1 N–H and O–H groups in total. The van der Waals surface area contributed by atoms with Gasteiger partial charge in [-0.25, -0.2) is 0 Å². The zero-order valence-electron chi connectivity index (χ0n) is 13.2. The van der Waals surface area contributed by atoms with Crippen LogP contribution in [0.1, 0.15) is 33.1 Å². The highest BCUT2D eigenvalue weighted by atomic mass is 16.5. The van der Waals surface area contributed by atoms with Crippen LogP contribution in [0.4, 0.5) is 0 Å². The van der Waals surface area contributed by atoms with Gasteiger partial charge in [0, 0.05) is 33.1 Å². The highest BCUT2D eigenvalue weighted by Gasteiger charge is 2.41. The van der Waals surface area contributed by atoms with Crippen LogP contribution in [0.3, 0.4) is 0 Å². The summed E-state index contributed by atoms with van der Waals surface area (Å²) in [7, 11) is 1.66. The second kappa shape index (κ2) is 6.75. The lowest BCUT2D eigenvalue weighted by Gasteiger charge is -2.34. The van der Waals surface area contributed by atoms with E-state index in [-0.39, 0.29) is 17.7 Å². The van der Waals surface area contributed by atoms with Gasteiger partial charge in [0.05, 0.1) is 13.2 Å². The van der Waals surface area contributed by atoms with Crippen molar-refractivity contribution >= 4 is 11.8 Å². The van der Waals surface area contributed by atoms with E-state index < -0.39 is 11.6 Å². The van der Waals surface area contributed by atoms with Crippen molar-refractivity contribution in [3.8, 4) is 0 Å². The molecule has 120 valence electrons. The summed E-state index contributed by atoms with van der Waals surface area (Å²) >= 11 is 0. The standard InChI is InChI=1S/C15H26N2O4/c1-4-11(2)13-14(19)17(7-5-12(18)16-13)9-15(20-3)6-8-21-10-15/h11,13H,4-10H2,1-3H3,(H,16,18). The van der Waals surface area contributed by atoms with Crippen LogP contribution in [-0.2, 0) is 19.1 Å². The van der Waals surface area contributed by atoms with Crippen LogP contribution in [0.25, 0.3) is 0 Å². The fraction of sp³-hybridized carbons (Fsp3) is 0.867. The molecule has 3 atom stereocenters. The maximum atomic E-state index is 12.8. The number of hydrogen-bond donors (Lipinski definition) is 1. The lowest BCUT2D eigenvalue weighted by atomic mass is 9.96. The predicted molar refractivity (Wildman–Crippen MR) is 77.8 cm³/mol. The Hall–Kier alpha value is -1.14. The summed E-state index contributed by atoms with van der Waals surface area (Å²) in [4.78, 5) is 26.4. The van der Waals surface area contributed by atoms with Crippen molar-refractivity contribution in [1.29, 1.82) is 0 Å². The maximum Gasteiger partial charge on any atom is 0.245 e. The van der Waals surface area contributed by atoms with Crippen molar-refractivity contribution < 1.29 is 19.1 Å². The highest BCUT2D eigenvalue weighted by molar-refractivity contribution is 5.90. The first kappa shape index (κ1) is 16.2. The fourth-order valence-electron chi connectivity index (χ4n) is 2.92. The van der Waals surface area contributed by atoms with E-state index in [0.29, 0.717) is 32.7 Å². The summed E-state index contributed by atoms with van der Waals surface area (Å²) in [6, 6.07) is -0.429. The Morgan fingerprint density at radius 3 is 2.86 bits per heavy atom. The molecule has 6 heteroatoms. The number of nitrogens with one attached hydrogen (secondary N) is 1. The van der Waals surface area contributed by atoms with Crippen molar-refractivity contribution in [3.05, 3.63) is 0 Å². The highest BCUT2D eigenvalue weighted by Crippen LogP contribution is 2.25. The third-order valence-corrected chi connectivity index (χ3v) is 4.70. The van der Waals surface area contributed by atoms with Gasteiger partial charge in [-0.3, -0.25) is 9.59 Å². The molecule has 2 amide bonds. The zero-order chi connectivity index (χ0) is 15.5. The predicted octanol–water partition coefficient (Wildman–Crippen LogP) is 0.555. The normalized spacial score (nSPS) is 32.0. The van der Waals surface area contributed by atoms with E-state index in [4.69, 9.17) is 9.47 Å². The third-order valence-electron chi connectivity index (χ3n) is 4.70. The minimum absolute atomic E-state index is 0.00137. The number of amides is 2. The second-order valence-electron chi connectivity index (χ2n) is 6.13. The summed E-state index contributed by atoms with van der Waals surface area (Å²) in [6.07, 6.45) is 1.98. The van der Waals surface area contributed by atoms with Gasteiger partial charge >= 0.3 is 0 Å². The quantitative estimate of drug-likeness (QED) is 0.805. The molecule has 2 aliphatic rings. The number of carbonyl (C=O) groups excluding carboxylic acids is 2. The van der Waals surface area contributed by atoms with Gasteiger partial charge in [-0.15, -0.1) is 0 Å². The molecule has 0 radical (unpaired) electrons. The molecular weight excluding hydrogens is 272 g/mol. The molecule has 2 saturated heterocycles. The molecule has 2 heterocycles. The summed E-state index contributed by atoms with van der Waals surface area (Å²) in [5.74, 6) is 0.0733. The van der Waals surface area contributed by atoms with Gasteiger partial charge in [0.2, 0.25) is 11.8 Å². The van der Waals surface area contributed by atoms with Crippen LogP contribution in [0.15, 0.2) is 0 Å². The maximum absolute atomic E-state index is 12.8. The van der Waals surface area contributed by atoms with Gasteiger partial charge in [-0.2, -0.15) is 0 Å². The van der Waals surface area contributed by atoms with Gasteiger partial charge in [0.15, 0.2) is 0 Å². The SMILES string of the molecule is CCC(C)C1NC(=O)CCN(CC2(OC)CCOC2)C1=O. The summed E-state index contributed by atoms with van der Waals surface area (Å²) in [5, 5.41) is 2.86. The summed E-state index contributed by atoms with van der Waals surface area (Å²) in [5.41, 5.74) is -0.428. The van der Waals surface area contributed by atoms with Crippen molar-refractivity contribution in [1.82, 2.24) is 10.2 Å². The first-order valence-corrected chi connectivity index (χ1v) is 7.72. The number of carbonyl (C=O) groups is 2. The molecule has 0 aromatic rings. The topological polar surface area (TPSA) is 67.9 Å². The van der Waals surface area contributed by atoms with E-state index >= 15 is 0 Å². The van der Waals surface area contributed by atoms with Gasteiger partial charge < -0.3 is 19.7 Å². The van der Waals surface area contributed by atoms with Gasteiger partial charge in [-0.1, -0.05) is 20.3 Å². The number of hydrogen-bond acceptors (Lipinski definition) is 4. The zero-order valence-corrected chi connectivity index (χ0v) is 13.2. The van der Waals surface area contributed by atoms with Crippen molar-refractivity contribution in [2.45, 2.75) is 44.8 Å². The van der Waals surface area contributed by atoms with E-state index in [1.165, 1.54) is 0 Å². The van der Waals surface area contributed by atoms with Crippen LogP contribution >= 0.6 is 0 Å². The van der Waals surface area contributed by atoms with E-state index in [0.717, 1.165) is 12.8 Å². The minimum atomic E-state index is -0.429. The summed E-state index contributed by atoms with van der Waals surface area (Å²) in [6.45, 7) is 6.12. The molecule has 21 heavy (non-hydrogen) atoms. The molecule has 0 aromatic carbocycles. The van der Waals surface area contributed by atoms with E-state index in [2.05, 4.69) is 5.32 Å². The van der Waals surface area contributed by atoms with Crippen molar-refractivity contribution in [2.24, 2.45) is 5.92 Å². The van der Waals surface area contributed by atoms with Gasteiger partial charge in [0.25, 0.3) is 0 Å². The van der Waals surface area contributed by atoms with Gasteiger partial charge in [-0.05, 0) is 5.92 Å². The largest absolute Gasteiger partial charge is 0.378 e. The Kier molecular flexibility index (Phi) is 5.22. The molecule has 0 bridgehead atoms. The Labute approximate surface area is 126 Å². The molecule has 0 saturated carbocycles. The van der Waals surface area contributed by atoms with Crippen LogP contribution < -0.4 is 5.32 Å². The molecule has 3 unspecified atom stereocenters. The molecular formula is C15H26N2O4. The van der Waals surface area contributed by atoms with E-state index in [1.807, 2.05) is 13.8 Å². The van der Waals surface area contributed by atoms with E-state index in [9.17, 15) is 9.59 Å². The molecule has 2 aliphatic heterocycles. The van der Waals surface area contributed by atoms with Crippen LogP contribution in [0, 0.1) is 5.92 Å². The van der Waals surface area contributed by atoms with Gasteiger partial charge in [0.1, 0.15) is 11.6 Å². The molecule has 0 aliphatic carbocycles. The number of rotatable bonds is 5. The Bertz CT molecular complexity index is 393. The summed E-state index contributed by atoms with van der Waals surface area (Å²) < 4.78 is 11.0. The smallest absolute Gasteiger partial charge is 0.245 e. The fourth-order valence-corrected chi connectivity index (χ4v) is 2.92.